The van der Waals surface area contributed by atoms with Crippen molar-refractivity contribution < 1.29 is 9.18 Å². The molecule has 1 amide bonds. The van der Waals surface area contributed by atoms with Crippen LogP contribution in [0.15, 0.2) is 61.2 Å². The number of anilines is 1. The smallest absolute Gasteiger partial charge is 0.226 e. The van der Waals surface area contributed by atoms with E-state index in [0.29, 0.717) is 34.1 Å². The average Bonchev–Trinajstić information content (AvgIpc) is 3.51. The summed E-state index contributed by atoms with van der Waals surface area (Å²) in [4.78, 5) is 33.4. The predicted octanol–water partition coefficient (Wildman–Crippen LogP) is 5.67. The van der Waals surface area contributed by atoms with Crippen molar-refractivity contribution in [3.8, 4) is 33.9 Å². The van der Waals surface area contributed by atoms with Gasteiger partial charge in [0.15, 0.2) is 11.5 Å². The summed E-state index contributed by atoms with van der Waals surface area (Å²) in [5.41, 5.74) is 6.89. The number of nitrogens with zero attached hydrogens (tertiary/aromatic N) is 5. The molecule has 0 saturated heterocycles. The lowest BCUT2D eigenvalue weighted by Crippen LogP contribution is -2.17. The summed E-state index contributed by atoms with van der Waals surface area (Å²) in [6.45, 7) is 5.52. The van der Waals surface area contributed by atoms with Crippen LogP contribution in [0, 0.1) is 18.7 Å². The minimum absolute atomic E-state index is 0.0873. The molecular formula is C28H23FN8O. The molecule has 0 aliphatic rings. The Bertz CT molecular complexity index is 1820. The molecule has 188 valence electrons. The molecule has 0 aliphatic carbocycles. The molecule has 0 spiro atoms. The van der Waals surface area contributed by atoms with E-state index in [4.69, 9.17) is 0 Å². The maximum absolute atomic E-state index is 14.1. The fourth-order valence-corrected chi connectivity index (χ4v) is 4.35. The Balaban J connectivity index is 1.42. The minimum Gasteiger partial charge on any atom is -0.335 e. The molecule has 0 saturated carbocycles. The van der Waals surface area contributed by atoms with Gasteiger partial charge < -0.3 is 10.3 Å². The van der Waals surface area contributed by atoms with Crippen molar-refractivity contribution in [1.29, 1.82) is 0 Å². The highest BCUT2D eigenvalue weighted by atomic mass is 19.1. The number of rotatable bonds is 5. The molecule has 6 aromatic rings. The van der Waals surface area contributed by atoms with Gasteiger partial charge in [-0.1, -0.05) is 19.9 Å². The van der Waals surface area contributed by atoms with Gasteiger partial charge in [0.1, 0.15) is 11.5 Å². The first-order valence-corrected chi connectivity index (χ1v) is 12.1. The number of aromatic amines is 2. The molecule has 5 heterocycles. The number of hydrogen-bond donors (Lipinski definition) is 3. The fraction of sp³-hybridized carbons (Fsp3) is 0.143. The van der Waals surface area contributed by atoms with Gasteiger partial charge in [-0.2, -0.15) is 5.10 Å². The third-order valence-corrected chi connectivity index (χ3v) is 6.24. The molecule has 0 radical (unpaired) electrons. The SMILES string of the molecule is Cc1cc(F)cc(-c2ccnc3nc(-c4n[nH]c5cnc(-c6cncc(NC(=O)C(C)C)c6)cc45)[nH]c23)c1. The summed E-state index contributed by atoms with van der Waals surface area (Å²) in [6, 6.07) is 10.5. The zero-order valence-corrected chi connectivity index (χ0v) is 20.9. The topological polar surface area (TPSA) is 125 Å². The Labute approximate surface area is 216 Å². The van der Waals surface area contributed by atoms with E-state index in [1.807, 2.05) is 45.0 Å². The lowest BCUT2D eigenvalue weighted by molar-refractivity contribution is -0.118. The van der Waals surface area contributed by atoms with Crippen LogP contribution in [-0.4, -0.2) is 41.0 Å². The van der Waals surface area contributed by atoms with E-state index in [0.717, 1.165) is 33.2 Å². The van der Waals surface area contributed by atoms with E-state index in [-0.39, 0.29) is 17.6 Å². The van der Waals surface area contributed by atoms with E-state index in [2.05, 4.69) is 40.4 Å². The summed E-state index contributed by atoms with van der Waals surface area (Å²) >= 11 is 0. The Morgan fingerprint density at radius 1 is 1.03 bits per heavy atom. The molecule has 5 aromatic heterocycles. The second-order valence-electron chi connectivity index (χ2n) is 9.45. The van der Waals surface area contributed by atoms with Crippen LogP contribution in [0.4, 0.5) is 10.1 Å². The number of H-pyrrole nitrogens is 2. The predicted molar refractivity (Wildman–Crippen MR) is 144 cm³/mol. The molecule has 1 aromatic carbocycles. The van der Waals surface area contributed by atoms with E-state index >= 15 is 0 Å². The lowest BCUT2D eigenvalue weighted by atomic mass is 10.0. The number of aromatic nitrogens is 7. The normalized spacial score (nSPS) is 11.5. The first-order chi connectivity index (χ1) is 18.4. The number of imidazole rings is 1. The third kappa shape index (κ3) is 4.26. The van der Waals surface area contributed by atoms with Crippen molar-refractivity contribution >= 4 is 33.7 Å². The molecule has 38 heavy (non-hydrogen) atoms. The standard InChI is InChI=1S/C28H23FN8O/c1-14(2)28(38)33-19-9-17(11-30-12-19)22-10-21-23(13-32-22)36-37-25(21)27-34-24-20(4-5-31-26(24)35-27)16-6-15(3)7-18(29)8-16/h4-14H,1-3H3,(H,33,38)(H,36,37)(H,31,34,35). The number of fused-ring (bicyclic) bond motifs is 2. The number of aryl methyl sites for hydroxylation is 1. The first-order valence-electron chi connectivity index (χ1n) is 12.1. The summed E-state index contributed by atoms with van der Waals surface area (Å²) in [5, 5.41) is 11.2. The van der Waals surface area contributed by atoms with Crippen LogP contribution in [0.2, 0.25) is 0 Å². The van der Waals surface area contributed by atoms with Gasteiger partial charge in [0.2, 0.25) is 5.91 Å². The second kappa shape index (κ2) is 9.15. The average molecular weight is 507 g/mol. The molecule has 6 rings (SSSR count). The number of nitrogens with one attached hydrogen (secondary N) is 3. The molecule has 9 nitrogen and oxygen atoms in total. The van der Waals surface area contributed by atoms with Crippen molar-refractivity contribution in [2.24, 2.45) is 5.92 Å². The molecular weight excluding hydrogens is 483 g/mol. The van der Waals surface area contributed by atoms with Crippen molar-refractivity contribution in [3.63, 3.8) is 0 Å². The Morgan fingerprint density at radius 2 is 1.89 bits per heavy atom. The quantitative estimate of drug-likeness (QED) is 0.277. The van der Waals surface area contributed by atoms with Gasteiger partial charge in [-0.15, -0.1) is 0 Å². The van der Waals surface area contributed by atoms with Gasteiger partial charge in [-0.25, -0.2) is 14.4 Å². The summed E-state index contributed by atoms with van der Waals surface area (Å²) in [5.74, 6) is -0.0148. The highest BCUT2D eigenvalue weighted by Gasteiger charge is 2.17. The Hall–Kier alpha value is -4.99. The maximum atomic E-state index is 14.1. The highest BCUT2D eigenvalue weighted by molar-refractivity contribution is 5.97. The number of hydrogen-bond acceptors (Lipinski definition) is 6. The van der Waals surface area contributed by atoms with Gasteiger partial charge in [0.05, 0.1) is 34.8 Å². The molecule has 0 aliphatic heterocycles. The van der Waals surface area contributed by atoms with Crippen molar-refractivity contribution in [1.82, 2.24) is 35.1 Å². The number of benzene rings is 1. The van der Waals surface area contributed by atoms with E-state index < -0.39 is 0 Å². The number of halogens is 1. The molecule has 0 atom stereocenters. The van der Waals surface area contributed by atoms with Gasteiger partial charge in [0, 0.05) is 34.8 Å². The van der Waals surface area contributed by atoms with Crippen molar-refractivity contribution in [3.05, 3.63) is 72.6 Å². The first kappa shape index (κ1) is 23.4. The Morgan fingerprint density at radius 3 is 2.71 bits per heavy atom. The summed E-state index contributed by atoms with van der Waals surface area (Å²) < 4.78 is 14.1. The summed E-state index contributed by atoms with van der Waals surface area (Å²) in [7, 11) is 0. The van der Waals surface area contributed by atoms with Crippen LogP contribution in [0.1, 0.15) is 19.4 Å². The van der Waals surface area contributed by atoms with Crippen LogP contribution in [0.3, 0.4) is 0 Å². The summed E-state index contributed by atoms with van der Waals surface area (Å²) in [6.07, 6.45) is 6.65. The third-order valence-electron chi connectivity index (χ3n) is 6.24. The van der Waals surface area contributed by atoms with Crippen LogP contribution in [-0.2, 0) is 4.79 Å². The van der Waals surface area contributed by atoms with E-state index in [1.54, 1.807) is 24.8 Å². The number of carbonyl (C=O) groups is 1. The number of amides is 1. The number of carbonyl (C=O) groups excluding carboxylic acids is 1. The number of pyridine rings is 3. The van der Waals surface area contributed by atoms with Crippen molar-refractivity contribution in [2.75, 3.05) is 5.32 Å². The molecule has 3 N–H and O–H groups in total. The lowest BCUT2D eigenvalue weighted by Gasteiger charge is -2.08. The maximum Gasteiger partial charge on any atom is 0.226 e. The fourth-order valence-electron chi connectivity index (χ4n) is 4.35. The zero-order chi connectivity index (χ0) is 26.4. The Kier molecular flexibility index (Phi) is 5.64. The van der Waals surface area contributed by atoms with Gasteiger partial charge in [-0.05, 0) is 48.4 Å². The highest BCUT2D eigenvalue weighted by Crippen LogP contribution is 2.32. The van der Waals surface area contributed by atoms with Crippen LogP contribution in [0.5, 0.6) is 0 Å². The largest absolute Gasteiger partial charge is 0.335 e. The van der Waals surface area contributed by atoms with Gasteiger partial charge >= 0.3 is 0 Å². The van der Waals surface area contributed by atoms with Crippen LogP contribution >= 0.6 is 0 Å². The molecule has 0 bridgehead atoms. The monoisotopic (exact) mass is 506 g/mol. The molecule has 0 fully saturated rings. The second-order valence-corrected chi connectivity index (χ2v) is 9.45. The van der Waals surface area contributed by atoms with Crippen molar-refractivity contribution in [2.45, 2.75) is 20.8 Å². The van der Waals surface area contributed by atoms with E-state index in [9.17, 15) is 9.18 Å². The molecule has 0 unspecified atom stereocenters. The van der Waals surface area contributed by atoms with Crippen LogP contribution in [0.25, 0.3) is 56.0 Å². The van der Waals surface area contributed by atoms with Gasteiger partial charge in [-0.3, -0.25) is 19.9 Å². The molecule has 10 heteroatoms. The van der Waals surface area contributed by atoms with E-state index in [1.165, 1.54) is 12.1 Å². The minimum atomic E-state index is -0.301. The zero-order valence-electron chi connectivity index (χ0n) is 20.9. The van der Waals surface area contributed by atoms with Gasteiger partial charge in [0.25, 0.3) is 0 Å². The van der Waals surface area contributed by atoms with Crippen LogP contribution < -0.4 is 5.32 Å².